The number of ether oxygens (including phenoxy) is 3. The molecule has 1 unspecified atom stereocenters. The number of unbranched alkanes of at least 4 members (excludes halogenated alkanes) is 25. The van der Waals surface area contributed by atoms with Crippen molar-refractivity contribution in [1.82, 2.24) is 0 Å². The number of esters is 3. The van der Waals surface area contributed by atoms with Crippen LogP contribution in [0.3, 0.4) is 0 Å². The summed E-state index contributed by atoms with van der Waals surface area (Å²) in [5, 5.41) is 0. The van der Waals surface area contributed by atoms with E-state index < -0.39 is 6.10 Å². The molecule has 0 rings (SSSR count). The molecule has 0 aliphatic heterocycles. The number of carbonyl (C=O) groups excluding carboxylic acids is 3. The molecule has 6 heteroatoms. The van der Waals surface area contributed by atoms with Crippen LogP contribution >= 0.6 is 0 Å². The Kier molecular flexibility index (Phi) is 57.4. The average molecular weight is 1010 g/mol. The van der Waals surface area contributed by atoms with E-state index in [0.29, 0.717) is 19.3 Å². The van der Waals surface area contributed by atoms with Crippen molar-refractivity contribution in [3.8, 4) is 0 Å². The van der Waals surface area contributed by atoms with E-state index in [-0.39, 0.29) is 31.1 Å². The van der Waals surface area contributed by atoms with Crippen LogP contribution in [0.25, 0.3) is 0 Å². The Balaban J connectivity index is 4.04. The first-order valence-corrected chi connectivity index (χ1v) is 30.4. The van der Waals surface area contributed by atoms with Crippen molar-refractivity contribution in [1.29, 1.82) is 0 Å². The van der Waals surface area contributed by atoms with E-state index in [9.17, 15) is 14.4 Å². The third kappa shape index (κ3) is 58.8. The van der Waals surface area contributed by atoms with Gasteiger partial charge >= 0.3 is 17.9 Å². The fourth-order valence-corrected chi connectivity index (χ4v) is 8.22. The smallest absolute Gasteiger partial charge is 0.306 e. The van der Waals surface area contributed by atoms with Gasteiger partial charge in [0.05, 0.1) is 0 Å². The standard InChI is InChI=1S/C67H112O6/c1-4-7-10-13-15-17-19-21-23-25-26-27-28-29-30-31-32-33-34-35-36-37-38-39-40-42-43-45-47-49-51-54-57-60-66(69)72-63-64(62-71-65(68)59-56-53-12-9-6-3)73-67(70)61-58-55-52-50-48-46-44-41-24-22-20-18-16-14-11-8-5-2/h7,10,15-18,21-24,26-27,29-30,32-33,35-36,64H,4-6,8-9,11-14,19-20,25,28,31,34,37-63H2,1-3H3/b10-7-,17-15-,18-16-,23-21-,24-22-,27-26-,30-29-,33-32-,36-35-. The molecule has 0 N–H and O–H groups in total. The van der Waals surface area contributed by atoms with E-state index in [2.05, 4.69) is 130 Å². The normalized spacial score (nSPS) is 12.9. The highest BCUT2D eigenvalue weighted by atomic mass is 16.6. The zero-order chi connectivity index (χ0) is 52.9. The highest BCUT2D eigenvalue weighted by Crippen LogP contribution is 2.15. The molecule has 0 heterocycles. The van der Waals surface area contributed by atoms with E-state index in [1.807, 2.05) is 0 Å². The average Bonchev–Trinajstić information content (AvgIpc) is 3.39. The lowest BCUT2D eigenvalue weighted by Crippen LogP contribution is -2.30. The van der Waals surface area contributed by atoms with Crippen LogP contribution in [0.15, 0.2) is 109 Å². The Morgan fingerprint density at radius 2 is 0.534 bits per heavy atom. The van der Waals surface area contributed by atoms with Crippen LogP contribution < -0.4 is 0 Å². The van der Waals surface area contributed by atoms with Gasteiger partial charge in [-0.05, 0) is 109 Å². The van der Waals surface area contributed by atoms with Crippen LogP contribution in [-0.4, -0.2) is 37.2 Å². The minimum atomic E-state index is -0.780. The Morgan fingerprint density at radius 1 is 0.288 bits per heavy atom. The zero-order valence-corrected chi connectivity index (χ0v) is 47.6. The maximum atomic E-state index is 12.8. The lowest BCUT2D eigenvalue weighted by Gasteiger charge is -2.18. The van der Waals surface area contributed by atoms with Gasteiger partial charge in [0.15, 0.2) is 6.10 Å². The molecule has 73 heavy (non-hydrogen) atoms. The Hall–Kier alpha value is -3.93. The number of hydrogen-bond acceptors (Lipinski definition) is 6. The summed E-state index contributed by atoms with van der Waals surface area (Å²) in [5.41, 5.74) is 0. The molecule has 0 bridgehead atoms. The van der Waals surface area contributed by atoms with E-state index in [0.717, 1.165) is 122 Å². The molecule has 6 nitrogen and oxygen atoms in total. The van der Waals surface area contributed by atoms with Crippen LogP contribution in [0, 0.1) is 0 Å². The molecule has 0 amide bonds. The molecule has 0 radical (unpaired) electrons. The first-order valence-electron chi connectivity index (χ1n) is 30.4. The van der Waals surface area contributed by atoms with Crippen molar-refractivity contribution < 1.29 is 28.6 Å². The predicted molar refractivity (Wildman–Crippen MR) is 316 cm³/mol. The second kappa shape index (κ2) is 60.6. The van der Waals surface area contributed by atoms with Gasteiger partial charge in [-0.25, -0.2) is 0 Å². The summed E-state index contributed by atoms with van der Waals surface area (Å²) in [6.45, 7) is 6.41. The van der Waals surface area contributed by atoms with Gasteiger partial charge in [-0.3, -0.25) is 14.4 Å². The predicted octanol–water partition coefficient (Wildman–Crippen LogP) is 20.7. The van der Waals surface area contributed by atoms with Gasteiger partial charge in [-0.15, -0.1) is 0 Å². The van der Waals surface area contributed by atoms with E-state index in [1.165, 1.54) is 116 Å². The van der Waals surface area contributed by atoms with E-state index in [4.69, 9.17) is 14.2 Å². The second-order valence-corrected chi connectivity index (χ2v) is 19.9. The fourth-order valence-electron chi connectivity index (χ4n) is 8.22. The Labute approximate surface area is 450 Å². The molecule has 416 valence electrons. The monoisotopic (exact) mass is 1010 g/mol. The fraction of sp³-hybridized carbons (Fsp3) is 0.687. The molecule has 0 aliphatic carbocycles. The third-order valence-corrected chi connectivity index (χ3v) is 12.8. The van der Waals surface area contributed by atoms with Gasteiger partial charge in [0, 0.05) is 19.3 Å². The van der Waals surface area contributed by atoms with Crippen LogP contribution in [0.5, 0.6) is 0 Å². The van der Waals surface area contributed by atoms with Crippen molar-refractivity contribution >= 4 is 17.9 Å². The molecule has 0 aliphatic rings. The lowest BCUT2D eigenvalue weighted by molar-refractivity contribution is -0.167. The largest absolute Gasteiger partial charge is 0.462 e. The molecule has 0 saturated carbocycles. The Morgan fingerprint density at radius 3 is 0.863 bits per heavy atom. The summed E-state index contributed by atoms with van der Waals surface area (Å²) in [4.78, 5) is 37.8. The molecular weight excluding hydrogens is 901 g/mol. The maximum Gasteiger partial charge on any atom is 0.306 e. The molecule has 1 atom stereocenters. The minimum absolute atomic E-state index is 0.0819. The van der Waals surface area contributed by atoms with Crippen LogP contribution in [0.2, 0.25) is 0 Å². The molecule has 0 spiro atoms. The second-order valence-electron chi connectivity index (χ2n) is 19.9. The van der Waals surface area contributed by atoms with Crippen molar-refractivity contribution in [2.24, 2.45) is 0 Å². The molecule has 0 aromatic heterocycles. The number of hydrogen-bond donors (Lipinski definition) is 0. The lowest BCUT2D eigenvalue weighted by atomic mass is 10.0. The summed E-state index contributed by atoms with van der Waals surface area (Å²) in [5.74, 6) is -0.904. The number of allylic oxidation sites excluding steroid dienone is 18. The number of carbonyl (C=O) groups is 3. The summed E-state index contributed by atoms with van der Waals surface area (Å²) in [7, 11) is 0. The van der Waals surface area contributed by atoms with Crippen LogP contribution in [0.4, 0.5) is 0 Å². The molecule has 0 fully saturated rings. The first-order chi connectivity index (χ1) is 36.0. The Bertz CT molecular complexity index is 1490. The quantitative estimate of drug-likeness (QED) is 0.0261. The summed E-state index contributed by atoms with van der Waals surface area (Å²) in [6.07, 6.45) is 82.8. The van der Waals surface area contributed by atoms with Crippen LogP contribution in [-0.2, 0) is 28.6 Å². The SMILES string of the molecule is CC/C=C\C/C=C\C/C=C\C/C=C\C/C=C\C/C=C\C/C=C\CCCCCCCCCCCCCC(=O)OCC(COC(=O)CCCCCCC)OC(=O)CCCCCCCCC/C=C\C/C=C\CCCCC. The molecule has 0 aromatic rings. The zero-order valence-electron chi connectivity index (χ0n) is 47.6. The first kappa shape index (κ1) is 69.1. The van der Waals surface area contributed by atoms with Crippen molar-refractivity contribution in [2.45, 2.75) is 284 Å². The summed E-state index contributed by atoms with van der Waals surface area (Å²) < 4.78 is 16.7. The number of rotatable bonds is 54. The summed E-state index contributed by atoms with van der Waals surface area (Å²) in [6, 6.07) is 0. The maximum absolute atomic E-state index is 12.8. The van der Waals surface area contributed by atoms with Gasteiger partial charge in [0.25, 0.3) is 0 Å². The van der Waals surface area contributed by atoms with Crippen molar-refractivity contribution in [3.63, 3.8) is 0 Å². The summed E-state index contributed by atoms with van der Waals surface area (Å²) >= 11 is 0. The third-order valence-electron chi connectivity index (χ3n) is 12.8. The van der Waals surface area contributed by atoms with Crippen molar-refractivity contribution in [3.05, 3.63) is 109 Å². The van der Waals surface area contributed by atoms with Gasteiger partial charge in [-0.1, -0.05) is 259 Å². The highest BCUT2D eigenvalue weighted by molar-refractivity contribution is 5.71. The highest BCUT2D eigenvalue weighted by Gasteiger charge is 2.19. The van der Waals surface area contributed by atoms with Crippen LogP contribution in [0.1, 0.15) is 278 Å². The topological polar surface area (TPSA) is 78.9 Å². The minimum Gasteiger partial charge on any atom is -0.462 e. The van der Waals surface area contributed by atoms with Crippen molar-refractivity contribution in [2.75, 3.05) is 13.2 Å². The molecule has 0 aromatic carbocycles. The molecule has 0 saturated heterocycles. The van der Waals surface area contributed by atoms with E-state index in [1.54, 1.807) is 0 Å². The molecular formula is C67H112O6. The van der Waals surface area contributed by atoms with Gasteiger partial charge in [-0.2, -0.15) is 0 Å². The van der Waals surface area contributed by atoms with Gasteiger partial charge < -0.3 is 14.2 Å². The van der Waals surface area contributed by atoms with Gasteiger partial charge in [0.1, 0.15) is 13.2 Å². The van der Waals surface area contributed by atoms with E-state index >= 15 is 0 Å². The van der Waals surface area contributed by atoms with Gasteiger partial charge in [0.2, 0.25) is 0 Å².